The van der Waals surface area contributed by atoms with E-state index in [1.165, 1.54) is 51.4 Å². The smallest absolute Gasteiger partial charge is 0.231 e. The molecule has 0 bridgehead atoms. The topological polar surface area (TPSA) is 51.0 Å². The van der Waals surface area contributed by atoms with Crippen molar-refractivity contribution in [2.45, 2.75) is 76.2 Å². The second kappa shape index (κ2) is 6.25. The maximum absolute atomic E-state index is 5.62. The highest BCUT2D eigenvalue weighted by Crippen LogP contribution is 2.37. The number of rotatable bonds is 3. The van der Waals surface area contributed by atoms with Crippen LogP contribution >= 0.6 is 0 Å². The minimum absolute atomic E-state index is 0.413. The van der Waals surface area contributed by atoms with E-state index in [1.54, 1.807) is 0 Å². The minimum Gasteiger partial charge on any atom is -0.339 e. The summed E-state index contributed by atoms with van der Waals surface area (Å²) in [6, 6.07) is 0.502. The van der Waals surface area contributed by atoms with Gasteiger partial charge in [-0.3, -0.25) is 0 Å². The molecule has 0 saturated heterocycles. The van der Waals surface area contributed by atoms with Crippen molar-refractivity contribution < 1.29 is 4.52 Å². The Morgan fingerprint density at radius 1 is 1.10 bits per heavy atom. The molecule has 1 aromatic heterocycles. The molecule has 4 heteroatoms. The van der Waals surface area contributed by atoms with E-state index in [2.05, 4.69) is 17.4 Å². The van der Waals surface area contributed by atoms with E-state index >= 15 is 0 Å². The molecule has 0 amide bonds. The Bertz CT molecular complexity index is 431. The summed E-state index contributed by atoms with van der Waals surface area (Å²) in [6.07, 6.45) is 10.1. The van der Waals surface area contributed by atoms with E-state index in [0.29, 0.717) is 17.9 Å². The van der Waals surface area contributed by atoms with Gasteiger partial charge in [-0.25, -0.2) is 0 Å². The fourth-order valence-corrected chi connectivity index (χ4v) is 4.00. The summed E-state index contributed by atoms with van der Waals surface area (Å²) >= 11 is 0. The van der Waals surface area contributed by atoms with Crippen LogP contribution in [-0.4, -0.2) is 23.2 Å². The highest BCUT2D eigenvalue weighted by Gasteiger charge is 2.31. The van der Waals surface area contributed by atoms with E-state index in [4.69, 9.17) is 9.51 Å². The average molecular weight is 277 g/mol. The summed E-state index contributed by atoms with van der Waals surface area (Å²) in [6.45, 7) is 2.34. The Kier molecular flexibility index (Phi) is 4.39. The van der Waals surface area contributed by atoms with Gasteiger partial charge in [-0.1, -0.05) is 37.8 Å². The average Bonchev–Trinajstić information content (AvgIpc) is 2.97. The molecule has 0 aromatic carbocycles. The lowest BCUT2D eigenvalue weighted by molar-refractivity contribution is 0.267. The van der Waals surface area contributed by atoms with Crippen molar-refractivity contribution >= 4 is 0 Å². The van der Waals surface area contributed by atoms with Crippen molar-refractivity contribution in [1.82, 2.24) is 15.5 Å². The molecule has 0 aliphatic heterocycles. The van der Waals surface area contributed by atoms with E-state index in [1.807, 2.05) is 7.05 Å². The highest BCUT2D eigenvalue weighted by atomic mass is 16.5. The van der Waals surface area contributed by atoms with Crippen molar-refractivity contribution in [2.75, 3.05) is 7.05 Å². The van der Waals surface area contributed by atoms with Crippen LogP contribution in [0, 0.1) is 5.92 Å². The molecule has 2 fully saturated rings. The van der Waals surface area contributed by atoms with Gasteiger partial charge in [-0.2, -0.15) is 4.98 Å². The largest absolute Gasteiger partial charge is 0.339 e. The second-order valence-corrected chi connectivity index (χ2v) is 6.75. The summed E-state index contributed by atoms with van der Waals surface area (Å²) in [5.41, 5.74) is 0. The molecule has 4 nitrogen and oxygen atoms in total. The van der Waals surface area contributed by atoms with Crippen molar-refractivity contribution in [3.8, 4) is 0 Å². The molecule has 1 aromatic rings. The van der Waals surface area contributed by atoms with Gasteiger partial charge < -0.3 is 9.84 Å². The fourth-order valence-electron chi connectivity index (χ4n) is 4.00. The first-order valence-electron chi connectivity index (χ1n) is 8.28. The first kappa shape index (κ1) is 14.1. The molecule has 3 rings (SSSR count). The van der Waals surface area contributed by atoms with Crippen LogP contribution in [0.1, 0.15) is 81.8 Å². The third-order valence-corrected chi connectivity index (χ3v) is 5.21. The summed E-state index contributed by atoms with van der Waals surface area (Å²) < 4.78 is 5.62. The molecule has 4 atom stereocenters. The lowest BCUT2D eigenvalue weighted by Crippen LogP contribution is -2.34. The van der Waals surface area contributed by atoms with Gasteiger partial charge in [0.2, 0.25) is 5.89 Å². The molecule has 4 unspecified atom stereocenters. The zero-order chi connectivity index (χ0) is 13.9. The standard InChI is InChI=1S/C16H27N3O/c1-11-6-5-7-12(10-11)15-18-16(20-19-15)13-8-3-4-9-14(13)17-2/h11-14,17H,3-10H2,1-2H3. The molecule has 0 radical (unpaired) electrons. The van der Waals surface area contributed by atoms with Crippen LogP contribution in [0.15, 0.2) is 4.52 Å². The number of hydrogen-bond acceptors (Lipinski definition) is 4. The number of aromatic nitrogens is 2. The molecule has 112 valence electrons. The number of hydrogen-bond donors (Lipinski definition) is 1. The van der Waals surface area contributed by atoms with Crippen LogP contribution in [0.4, 0.5) is 0 Å². The van der Waals surface area contributed by atoms with Gasteiger partial charge in [-0.05, 0) is 38.6 Å². The Morgan fingerprint density at radius 2 is 1.95 bits per heavy atom. The predicted molar refractivity (Wildman–Crippen MR) is 78.7 cm³/mol. The third kappa shape index (κ3) is 2.90. The maximum Gasteiger partial charge on any atom is 0.231 e. The quantitative estimate of drug-likeness (QED) is 0.917. The molecule has 20 heavy (non-hydrogen) atoms. The lowest BCUT2D eigenvalue weighted by atomic mass is 9.82. The highest BCUT2D eigenvalue weighted by molar-refractivity contribution is 5.04. The van der Waals surface area contributed by atoms with Gasteiger partial charge in [0, 0.05) is 12.0 Å². The van der Waals surface area contributed by atoms with Gasteiger partial charge in [0.25, 0.3) is 0 Å². The third-order valence-electron chi connectivity index (χ3n) is 5.21. The summed E-state index contributed by atoms with van der Waals surface area (Å²) in [5, 5.41) is 7.72. The minimum atomic E-state index is 0.413. The molecular weight excluding hydrogens is 250 g/mol. The van der Waals surface area contributed by atoms with Crippen molar-refractivity contribution in [2.24, 2.45) is 5.92 Å². The van der Waals surface area contributed by atoms with Gasteiger partial charge in [0.05, 0.1) is 5.92 Å². The zero-order valence-electron chi connectivity index (χ0n) is 12.8. The van der Waals surface area contributed by atoms with Crippen LogP contribution < -0.4 is 5.32 Å². The van der Waals surface area contributed by atoms with Crippen molar-refractivity contribution in [3.63, 3.8) is 0 Å². The molecule has 1 N–H and O–H groups in total. The number of nitrogens with zero attached hydrogens (tertiary/aromatic N) is 2. The summed E-state index contributed by atoms with van der Waals surface area (Å²) in [4.78, 5) is 4.77. The first-order chi connectivity index (χ1) is 9.78. The summed E-state index contributed by atoms with van der Waals surface area (Å²) in [7, 11) is 2.04. The van der Waals surface area contributed by atoms with E-state index in [0.717, 1.165) is 17.6 Å². The maximum atomic E-state index is 5.62. The van der Waals surface area contributed by atoms with Crippen molar-refractivity contribution in [1.29, 1.82) is 0 Å². The van der Waals surface area contributed by atoms with Gasteiger partial charge in [0.15, 0.2) is 5.82 Å². The monoisotopic (exact) mass is 277 g/mol. The predicted octanol–water partition coefficient (Wildman–Crippen LogP) is 3.61. The molecule has 2 aliphatic carbocycles. The Hall–Kier alpha value is -0.900. The molecule has 1 heterocycles. The number of likely N-dealkylation sites (N-methyl/N-ethyl adjacent to an activating group) is 1. The van der Waals surface area contributed by atoms with Gasteiger partial charge >= 0.3 is 0 Å². The Balaban J connectivity index is 1.72. The second-order valence-electron chi connectivity index (χ2n) is 6.75. The van der Waals surface area contributed by atoms with E-state index < -0.39 is 0 Å². The Labute approximate surface area is 121 Å². The molecule has 2 saturated carbocycles. The molecule has 0 spiro atoms. The van der Waals surface area contributed by atoms with Crippen molar-refractivity contribution in [3.05, 3.63) is 11.7 Å². The Morgan fingerprint density at radius 3 is 2.75 bits per heavy atom. The van der Waals surface area contributed by atoms with E-state index in [9.17, 15) is 0 Å². The zero-order valence-corrected chi connectivity index (χ0v) is 12.8. The lowest BCUT2D eigenvalue weighted by Gasteiger charge is -2.28. The van der Waals surface area contributed by atoms with Gasteiger partial charge in [-0.15, -0.1) is 0 Å². The molecular formula is C16H27N3O. The normalized spacial score (nSPS) is 35.1. The SMILES string of the molecule is CNC1CCCCC1c1nc(C2CCCC(C)C2)no1. The fraction of sp³-hybridized carbons (Fsp3) is 0.875. The van der Waals surface area contributed by atoms with Crippen LogP contribution in [0.2, 0.25) is 0 Å². The van der Waals surface area contributed by atoms with Crippen LogP contribution in [0.3, 0.4) is 0 Å². The van der Waals surface area contributed by atoms with Gasteiger partial charge in [0.1, 0.15) is 0 Å². The van der Waals surface area contributed by atoms with E-state index in [-0.39, 0.29) is 0 Å². The summed E-state index contributed by atoms with van der Waals surface area (Å²) in [5.74, 6) is 3.57. The van der Waals surface area contributed by atoms with Crippen LogP contribution in [-0.2, 0) is 0 Å². The molecule has 2 aliphatic rings. The number of nitrogens with one attached hydrogen (secondary N) is 1. The van der Waals surface area contributed by atoms with Crippen LogP contribution in [0.25, 0.3) is 0 Å². The first-order valence-corrected chi connectivity index (χ1v) is 8.28. The van der Waals surface area contributed by atoms with Crippen LogP contribution in [0.5, 0.6) is 0 Å².